The van der Waals surface area contributed by atoms with Crippen LogP contribution in [0.2, 0.25) is 0 Å². The molecule has 8 heteroatoms. The van der Waals surface area contributed by atoms with Gasteiger partial charge in [-0.2, -0.15) is 0 Å². The van der Waals surface area contributed by atoms with Crippen LogP contribution in [0.15, 0.2) is 42.5 Å². The van der Waals surface area contributed by atoms with Gasteiger partial charge in [-0.15, -0.1) is 0 Å². The molecule has 3 aromatic rings. The van der Waals surface area contributed by atoms with Crippen LogP contribution in [-0.4, -0.2) is 72.3 Å². The number of rotatable bonds is 3. The van der Waals surface area contributed by atoms with Crippen molar-refractivity contribution < 1.29 is 13.9 Å². The summed E-state index contributed by atoms with van der Waals surface area (Å²) in [6.07, 6.45) is 0. The Bertz CT molecular complexity index is 1100. The summed E-state index contributed by atoms with van der Waals surface area (Å²) in [7, 11) is 1.91. The SMILES string of the molecule is Cn1c(-c2cc(N3CCN(C(=O)[C@@H]4COCCN4)CC3)ccc2F)nc2ccccc21. The van der Waals surface area contributed by atoms with E-state index in [1.165, 1.54) is 6.07 Å². The maximum atomic E-state index is 14.8. The Labute approximate surface area is 180 Å². The first-order chi connectivity index (χ1) is 15.1. The molecule has 2 fully saturated rings. The van der Waals surface area contributed by atoms with Gasteiger partial charge in [-0.25, -0.2) is 9.37 Å². The molecule has 1 N–H and O–H groups in total. The maximum absolute atomic E-state index is 14.8. The number of aromatic nitrogens is 2. The molecule has 0 bridgehead atoms. The number of piperazine rings is 1. The number of morpholine rings is 1. The van der Waals surface area contributed by atoms with Crippen molar-refractivity contribution in [3.8, 4) is 11.4 Å². The Balaban J connectivity index is 1.34. The van der Waals surface area contributed by atoms with Crippen molar-refractivity contribution in [1.82, 2.24) is 19.8 Å². The second-order valence-electron chi connectivity index (χ2n) is 8.04. The Morgan fingerprint density at radius 1 is 1.16 bits per heavy atom. The fraction of sp³-hybridized carbons (Fsp3) is 0.391. The highest BCUT2D eigenvalue weighted by Crippen LogP contribution is 2.30. The molecule has 1 aromatic heterocycles. The maximum Gasteiger partial charge on any atom is 0.242 e. The third-order valence-electron chi connectivity index (χ3n) is 6.15. The van der Waals surface area contributed by atoms with Crippen LogP contribution in [0.5, 0.6) is 0 Å². The lowest BCUT2D eigenvalue weighted by Crippen LogP contribution is -2.57. The van der Waals surface area contributed by atoms with Crippen molar-refractivity contribution in [2.75, 3.05) is 50.8 Å². The van der Waals surface area contributed by atoms with Gasteiger partial charge in [-0.1, -0.05) is 12.1 Å². The average Bonchev–Trinajstić information content (AvgIpc) is 3.16. The number of ether oxygens (including phenoxy) is 1. The first-order valence-electron chi connectivity index (χ1n) is 10.7. The van der Waals surface area contributed by atoms with E-state index in [2.05, 4.69) is 15.2 Å². The third-order valence-corrected chi connectivity index (χ3v) is 6.15. The topological polar surface area (TPSA) is 62.6 Å². The normalized spacial score (nSPS) is 19.7. The number of nitrogens with one attached hydrogen (secondary N) is 1. The first-order valence-corrected chi connectivity index (χ1v) is 10.7. The van der Waals surface area contributed by atoms with Crippen LogP contribution >= 0.6 is 0 Å². The molecule has 2 aliphatic rings. The van der Waals surface area contributed by atoms with E-state index in [1.807, 2.05) is 46.8 Å². The van der Waals surface area contributed by atoms with Gasteiger partial charge in [0, 0.05) is 45.5 Å². The van der Waals surface area contributed by atoms with Gasteiger partial charge in [0.25, 0.3) is 0 Å². The van der Waals surface area contributed by atoms with Crippen LogP contribution < -0.4 is 10.2 Å². The fourth-order valence-electron chi connectivity index (χ4n) is 4.40. The van der Waals surface area contributed by atoms with E-state index in [0.29, 0.717) is 57.3 Å². The summed E-state index contributed by atoms with van der Waals surface area (Å²) in [6, 6.07) is 12.7. The predicted octanol–water partition coefficient (Wildman–Crippen LogP) is 2.02. The van der Waals surface area contributed by atoms with Crippen molar-refractivity contribution in [3.63, 3.8) is 0 Å². The molecule has 0 spiro atoms. The number of amides is 1. The summed E-state index contributed by atoms with van der Waals surface area (Å²) < 4.78 is 22.1. The highest BCUT2D eigenvalue weighted by Gasteiger charge is 2.29. The van der Waals surface area contributed by atoms with E-state index >= 15 is 0 Å². The standard InChI is InChI=1S/C23H26FN5O2/c1-27-21-5-3-2-4-19(21)26-22(27)17-14-16(6-7-18(17)24)28-9-11-29(12-10-28)23(30)20-15-31-13-8-25-20/h2-7,14,20,25H,8-13,15H2,1H3/t20-/m0/s1. The molecule has 0 unspecified atom stereocenters. The van der Waals surface area contributed by atoms with Gasteiger partial charge in [0.15, 0.2) is 0 Å². The van der Waals surface area contributed by atoms with Gasteiger partial charge in [0.1, 0.15) is 17.7 Å². The molecular weight excluding hydrogens is 397 g/mol. The lowest BCUT2D eigenvalue weighted by molar-refractivity contribution is -0.136. The molecule has 2 saturated heterocycles. The van der Waals surface area contributed by atoms with Crippen LogP contribution in [0.25, 0.3) is 22.4 Å². The molecule has 0 saturated carbocycles. The van der Waals surface area contributed by atoms with Crippen LogP contribution in [0, 0.1) is 5.82 Å². The predicted molar refractivity (Wildman–Crippen MR) is 118 cm³/mol. The second-order valence-corrected chi connectivity index (χ2v) is 8.04. The minimum Gasteiger partial charge on any atom is -0.378 e. The third kappa shape index (κ3) is 3.77. The van der Waals surface area contributed by atoms with Crippen molar-refractivity contribution in [3.05, 3.63) is 48.3 Å². The molecule has 2 aromatic carbocycles. The van der Waals surface area contributed by atoms with Gasteiger partial charge in [0.05, 0.1) is 29.8 Å². The van der Waals surface area contributed by atoms with Crippen molar-refractivity contribution >= 4 is 22.6 Å². The number of carbonyl (C=O) groups is 1. The Morgan fingerprint density at radius 3 is 2.71 bits per heavy atom. The minimum atomic E-state index is -0.292. The summed E-state index contributed by atoms with van der Waals surface area (Å²) in [5.41, 5.74) is 3.24. The Kier molecular flexibility index (Phi) is 5.33. The molecule has 3 heterocycles. The average molecular weight is 423 g/mol. The zero-order valence-electron chi connectivity index (χ0n) is 17.6. The van der Waals surface area contributed by atoms with Crippen molar-refractivity contribution in [1.29, 1.82) is 0 Å². The molecule has 31 heavy (non-hydrogen) atoms. The smallest absolute Gasteiger partial charge is 0.242 e. The van der Waals surface area contributed by atoms with E-state index in [4.69, 9.17) is 4.74 Å². The highest BCUT2D eigenvalue weighted by atomic mass is 19.1. The summed E-state index contributed by atoms with van der Waals surface area (Å²) in [5.74, 6) is 0.413. The summed E-state index contributed by atoms with van der Waals surface area (Å²) in [6.45, 7) is 4.46. The zero-order valence-corrected chi connectivity index (χ0v) is 17.6. The molecule has 162 valence electrons. The number of imidazole rings is 1. The van der Waals surface area contributed by atoms with Gasteiger partial charge in [-0.3, -0.25) is 4.79 Å². The number of nitrogens with zero attached hydrogens (tertiary/aromatic N) is 4. The molecule has 1 atom stereocenters. The number of hydrogen-bond donors (Lipinski definition) is 1. The second kappa shape index (κ2) is 8.28. The number of hydrogen-bond acceptors (Lipinski definition) is 5. The van der Waals surface area contributed by atoms with E-state index in [9.17, 15) is 9.18 Å². The minimum absolute atomic E-state index is 0.0962. The van der Waals surface area contributed by atoms with E-state index in [-0.39, 0.29) is 17.8 Å². The number of para-hydroxylation sites is 2. The number of fused-ring (bicyclic) bond motifs is 1. The quantitative estimate of drug-likeness (QED) is 0.699. The highest BCUT2D eigenvalue weighted by molar-refractivity contribution is 5.83. The number of carbonyl (C=O) groups excluding carboxylic acids is 1. The lowest BCUT2D eigenvalue weighted by Gasteiger charge is -2.38. The van der Waals surface area contributed by atoms with Crippen LogP contribution in [-0.2, 0) is 16.6 Å². The fourth-order valence-corrected chi connectivity index (χ4v) is 4.40. The van der Waals surface area contributed by atoms with Gasteiger partial charge in [-0.05, 0) is 30.3 Å². The van der Waals surface area contributed by atoms with Crippen LogP contribution in [0.3, 0.4) is 0 Å². The van der Waals surface area contributed by atoms with Gasteiger partial charge >= 0.3 is 0 Å². The Hall–Kier alpha value is -2.97. The van der Waals surface area contributed by atoms with Crippen molar-refractivity contribution in [2.24, 2.45) is 7.05 Å². The molecule has 5 rings (SSSR count). The molecule has 0 radical (unpaired) electrons. The van der Waals surface area contributed by atoms with E-state index in [1.54, 1.807) is 6.07 Å². The van der Waals surface area contributed by atoms with E-state index in [0.717, 1.165) is 16.7 Å². The van der Waals surface area contributed by atoms with Gasteiger partial charge < -0.3 is 24.4 Å². The number of benzene rings is 2. The molecule has 7 nitrogen and oxygen atoms in total. The molecule has 1 amide bonds. The van der Waals surface area contributed by atoms with E-state index < -0.39 is 0 Å². The molecule has 0 aliphatic carbocycles. The molecule has 2 aliphatic heterocycles. The van der Waals surface area contributed by atoms with Crippen LogP contribution in [0.4, 0.5) is 10.1 Å². The number of anilines is 1. The Morgan fingerprint density at radius 2 is 1.97 bits per heavy atom. The largest absolute Gasteiger partial charge is 0.378 e. The number of aryl methyl sites for hydroxylation is 1. The number of halogens is 1. The molecular formula is C23H26FN5O2. The summed E-state index contributed by atoms with van der Waals surface area (Å²) in [4.78, 5) is 21.4. The van der Waals surface area contributed by atoms with Crippen LogP contribution in [0.1, 0.15) is 0 Å². The summed E-state index contributed by atoms with van der Waals surface area (Å²) >= 11 is 0. The zero-order chi connectivity index (χ0) is 21.4. The monoisotopic (exact) mass is 423 g/mol. The summed E-state index contributed by atoms with van der Waals surface area (Å²) in [5, 5.41) is 3.23. The first kappa shape index (κ1) is 20.0. The lowest BCUT2D eigenvalue weighted by atomic mass is 10.1. The van der Waals surface area contributed by atoms with Gasteiger partial charge in [0.2, 0.25) is 5.91 Å². The van der Waals surface area contributed by atoms with Crippen molar-refractivity contribution in [2.45, 2.75) is 6.04 Å².